The summed E-state index contributed by atoms with van der Waals surface area (Å²) in [5, 5.41) is 3.13. The fraction of sp³-hybridized carbons (Fsp3) is 0.231. The molecule has 0 fully saturated rings. The van der Waals surface area contributed by atoms with Crippen molar-refractivity contribution in [3.8, 4) is 11.5 Å². The first kappa shape index (κ1) is 12.6. The molecule has 18 heavy (non-hydrogen) atoms. The Labute approximate surface area is 111 Å². The highest BCUT2D eigenvalue weighted by Gasteiger charge is 2.10. The standard InChI is InChI=1S/C13H15N3OS/c1-3-11-8(2)17-12(16-11)9-5-4-6-10(7-9)15-13(14)18/h4-7H,3H2,1-2H3,(H3,14,15,18). The minimum absolute atomic E-state index is 0.241. The molecule has 5 heteroatoms. The van der Waals surface area contributed by atoms with Gasteiger partial charge < -0.3 is 15.5 Å². The van der Waals surface area contributed by atoms with Gasteiger partial charge in [0.2, 0.25) is 5.89 Å². The Morgan fingerprint density at radius 3 is 2.89 bits per heavy atom. The Hall–Kier alpha value is -1.88. The summed E-state index contributed by atoms with van der Waals surface area (Å²) in [6.07, 6.45) is 0.861. The van der Waals surface area contributed by atoms with Crippen molar-refractivity contribution in [2.75, 3.05) is 5.32 Å². The summed E-state index contributed by atoms with van der Waals surface area (Å²) < 4.78 is 5.65. The molecule has 3 N–H and O–H groups in total. The minimum Gasteiger partial charge on any atom is -0.441 e. The van der Waals surface area contributed by atoms with E-state index in [9.17, 15) is 0 Å². The van der Waals surface area contributed by atoms with Crippen LogP contribution in [0.3, 0.4) is 0 Å². The van der Waals surface area contributed by atoms with E-state index in [1.165, 1.54) is 0 Å². The lowest BCUT2D eigenvalue weighted by Gasteiger charge is -2.04. The second kappa shape index (κ2) is 5.18. The van der Waals surface area contributed by atoms with Gasteiger partial charge in [0.1, 0.15) is 5.76 Å². The fourth-order valence-electron chi connectivity index (χ4n) is 1.75. The minimum atomic E-state index is 0.241. The van der Waals surface area contributed by atoms with Crippen LogP contribution in [0.25, 0.3) is 11.5 Å². The summed E-state index contributed by atoms with van der Waals surface area (Å²) in [5.41, 5.74) is 8.16. The maximum absolute atomic E-state index is 5.65. The maximum atomic E-state index is 5.65. The summed E-state index contributed by atoms with van der Waals surface area (Å²) in [7, 11) is 0. The molecule has 2 rings (SSSR count). The second-order valence-electron chi connectivity index (χ2n) is 3.95. The molecule has 0 saturated carbocycles. The van der Waals surface area contributed by atoms with Crippen molar-refractivity contribution in [1.29, 1.82) is 0 Å². The third-order valence-electron chi connectivity index (χ3n) is 2.60. The van der Waals surface area contributed by atoms with Crippen molar-refractivity contribution in [1.82, 2.24) is 4.98 Å². The number of rotatable bonds is 3. The molecular formula is C13H15N3OS. The van der Waals surface area contributed by atoms with Gasteiger partial charge in [-0.2, -0.15) is 0 Å². The molecular weight excluding hydrogens is 246 g/mol. The van der Waals surface area contributed by atoms with E-state index >= 15 is 0 Å². The Morgan fingerprint density at radius 2 is 2.28 bits per heavy atom. The lowest BCUT2D eigenvalue weighted by Crippen LogP contribution is -2.18. The van der Waals surface area contributed by atoms with E-state index in [1.54, 1.807) is 0 Å². The number of oxazole rings is 1. The van der Waals surface area contributed by atoms with Crippen molar-refractivity contribution in [2.24, 2.45) is 5.73 Å². The third kappa shape index (κ3) is 2.68. The molecule has 0 unspecified atom stereocenters. The van der Waals surface area contributed by atoms with Crippen LogP contribution in [0.1, 0.15) is 18.4 Å². The number of thiocarbonyl (C=S) groups is 1. The summed E-state index contributed by atoms with van der Waals surface area (Å²) in [5.74, 6) is 1.48. The van der Waals surface area contributed by atoms with Crippen molar-refractivity contribution in [2.45, 2.75) is 20.3 Å². The lowest BCUT2D eigenvalue weighted by atomic mass is 10.2. The molecule has 94 valence electrons. The van der Waals surface area contributed by atoms with Crippen molar-refractivity contribution < 1.29 is 4.42 Å². The van der Waals surface area contributed by atoms with Crippen molar-refractivity contribution >= 4 is 23.0 Å². The SMILES string of the molecule is CCc1nc(-c2cccc(NC(N)=S)c2)oc1C. The molecule has 1 aromatic carbocycles. The van der Waals surface area contributed by atoms with Crippen LogP contribution < -0.4 is 11.1 Å². The molecule has 1 aromatic heterocycles. The molecule has 0 aliphatic rings. The number of hydrogen-bond donors (Lipinski definition) is 2. The van der Waals surface area contributed by atoms with Crippen molar-refractivity contribution in [3.05, 3.63) is 35.7 Å². The molecule has 0 atom stereocenters. The van der Waals surface area contributed by atoms with Gasteiger partial charge in [-0.05, 0) is 43.8 Å². The van der Waals surface area contributed by atoms with E-state index in [2.05, 4.69) is 17.2 Å². The van der Waals surface area contributed by atoms with Gasteiger partial charge in [-0.25, -0.2) is 4.98 Å². The summed E-state index contributed by atoms with van der Waals surface area (Å²) in [4.78, 5) is 4.46. The normalized spacial score (nSPS) is 10.3. The number of aromatic nitrogens is 1. The first-order valence-electron chi connectivity index (χ1n) is 5.73. The predicted molar refractivity (Wildman–Crippen MR) is 76.5 cm³/mol. The average Bonchev–Trinajstić information content (AvgIpc) is 2.70. The van der Waals surface area contributed by atoms with Gasteiger partial charge in [0.05, 0.1) is 5.69 Å². The topological polar surface area (TPSA) is 64.1 Å². The van der Waals surface area contributed by atoms with Crippen LogP contribution in [0.5, 0.6) is 0 Å². The summed E-state index contributed by atoms with van der Waals surface area (Å²) in [6.45, 7) is 3.98. The van der Waals surface area contributed by atoms with Crippen LogP contribution in [0.2, 0.25) is 0 Å². The Kier molecular flexibility index (Phi) is 3.62. The number of anilines is 1. The zero-order valence-electron chi connectivity index (χ0n) is 10.4. The summed E-state index contributed by atoms with van der Waals surface area (Å²) in [6, 6.07) is 7.64. The Bertz CT molecular complexity index is 577. The number of benzene rings is 1. The zero-order chi connectivity index (χ0) is 13.1. The van der Waals surface area contributed by atoms with Gasteiger partial charge >= 0.3 is 0 Å². The quantitative estimate of drug-likeness (QED) is 0.832. The molecule has 2 aromatic rings. The monoisotopic (exact) mass is 261 g/mol. The third-order valence-corrected chi connectivity index (χ3v) is 2.71. The highest BCUT2D eigenvalue weighted by molar-refractivity contribution is 7.80. The molecule has 1 heterocycles. The Balaban J connectivity index is 2.34. The largest absolute Gasteiger partial charge is 0.441 e. The predicted octanol–water partition coefficient (Wildman–Crippen LogP) is 2.87. The van der Waals surface area contributed by atoms with Crippen LogP contribution in [-0.2, 0) is 6.42 Å². The Morgan fingerprint density at radius 1 is 1.50 bits per heavy atom. The average molecular weight is 261 g/mol. The van der Waals surface area contributed by atoms with Crippen molar-refractivity contribution in [3.63, 3.8) is 0 Å². The molecule has 0 radical (unpaired) electrons. The van der Waals surface area contributed by atoms with Gasteiger partial charge in [-0.3, -0.25) is 0 Å². The number of hydrogen-bond acceptors (Lipinski definition) is 3. The number of nitrogens with two attached hydrogens (primary N) is 1. The van der Waals surface area contributed by atoms with Crippen LogP contribution in [-0.4, -0.2) is 10.1 Å². The molecule has 0 amide bonds. The van der Waals surface area contributed by atoms with Crippen LogP contribution in [0.4, 0.5) is 5.69 Å². The van der Waals surface area contributed by atoms with Gasteiger partial charge in [0, 0.05) is 11.3 Å². The highest BCUT2D eigenvalue weighted by Crippen LogP contribution is 2.24. The molecule has 0 spiro atoms. The fourth-order valence-corrected chi connectivity index (χ4v) is 1.87. The van der Waals surface area contributed by atoms with E-state index in [0.717, 1.165) is 29.1 Å². The molecule has 0 aliphatic heterocycles. The van der Waals surface area contributed by atoms with E-state index < -0.39 is 0 Å². The number of aryl methyl sites for hydroxylation is 2. The first-order chi connectivity index (χ1) is 8.60. The van der Waals surface area contributed by atoms with Crippen LogP contribution >= 0.6 is 12.2 Å². The molecule has 0 saturated heterocycles. The van der Waals surface area contributed by atoms with Gasteiger partial charge in [-0.1, -0.05) is 13.0 Å². The maximum Gasteiger partial charge on any atom is 0.226 e. The number of nitrogens with one attached hydrogen (secondary N) is 1. The number of nitrogens with zero attached hydrogens (tertiary/aromatic N) is 1. The molecule has 4 nitrogen and oxygen atoms in total. The first-order valence-corrected chi connectivity index (χ1v) is 6.14. The van der Waals surface area contributed by atoms with Crippen LogP contribution in [0.15, 0.2) is 28.7 Å². The highest BCUT2D eigenvalue weighted by atomic mass is 32.1. The summed E-state index contributed by atoms with van der Waals surface area (Å²) >= 11 is 4.81. The van der Waals surface area contributed by atoms with Gasteiger partial charge in [-0.15, -0.1) is 0 Å². The van der Waals surface area contributed by atoms with Gasteiger partial charge in [0.25, 0.3) is 0 Å². The zero-order valence-corrected chi connectivity index (χ0v) is 11.2. The van der Waals surface area contributed by atoms with E-state index in [0.29, 0.717) is 5.89 Å². The molecule has 0 aliphatic carbocycles. The van der Waals surface area contributed by atoms with E-state index in [1.807, 2.05) is 31.2 Å². The van der Waals surface area contributed by atoms with Gasteiger partial charge in [0.15, 0.2) is 5.11 Å². The van der Waals surface area contributed by atoms with Crippen LogP contribution in [0, 0.1) is 6.92 Å². The van der Waals surface area contributed by atoms with E-state index in [-0.39, 0.29) is 5.11 Å². The smallest absolute Gasteiger partial charge is 0.226 e. The lowest BCUT2D eigenvalue weighted by molar-refractivity contribution is 0.540. The van der Waals surface area contributed by atoms with E-state index in [4.69, 9.17) is 22.4 Å². The molecule has 0 bridgehead atoms. The second-order valence-corrected chi connectivity index (χ2v) is 4.39.